The number of benzene rings is 1. The van der Waals surface area contributed by atoms with E-state index < -0.39 is 10.0 Å². The first-order chi connectivity index (χ1) is 9.29. The van der Waals surface area contributed by atoms with Crippen molar-refractivity contribution in [2.24, 2.45) is 0 Å². The maximum atomic E-state index is 12.2. The second-order valence-electron chi connectivity index (χ2n) is 4.46. The van der Waals surface area contributed by atoms with E-state index in [1.165, 1.54) is 22.6 Å². The molecule has 0 fully saturated rings. The number of halogens is 1. The van der Waals surface area contributed by atoms with Crippen molar-refractivity contribution in [1.29, 1.82) is 0 Å². The molecular weight excluding hydrogens is 360 g/mol. The van der Waals surface area contributed by atoms with E-state index in [1.807, 2.05) is 19.9 Å². The van der Waals surface area contributed by atoms with Crippen LogP contribution in [0.3, 0.4) is 0 Å². The van der Waals surface area contributed by atoms with Crippen LogP contribution in [0.1, 0.15) is 15.3 Å². The van der Waals surface area contributed by atoms with Gasteiger partial charge in [-0.05, 0) is 59.6 Å². The van der Waals surface area contributed by atoms with Gasteiger partial charge in [0.05, 0.1) is 4.90 Å². The van der Waals surface area contributed by atoms with Crippen molar-refractivity contribution in [1.82, 2.24) is 4.72 Å². The topological polar surface area (TPSA) is 72.2 Å². The molecule has 1 aromatic carbocycles. The number of nitrogens with one attached hydrogen (secondary N) is 1. The lowest BCUT2D eigenvalue weighted by Crippen LogP contribution is -2.22. The zero-order valence-electron chi connectivity index (χ0n) is 11.1. The van der Waals surface area contributed by atoms with Gasteiger partial charge in [-0.1, -0.05) is 0 Å². The number of anilines is 1. The molecule has 0 bridgehead atoms. The molecule has 4 nitrogen and oxygen atoms in total. The lowest BCUT2D eigenvalue weighted by Gasteiger charge is -2.07. The fraction of sp³-hybridized carbons (Fsp3) is 0.231. The monoisotopic (exact) mass is 374 g/mol. The minimum absolute atomic E-state index is 0.170. The van der Waals surface area contributed by atoms with Crippen LogP contribution < -0.4 is 10.5 Å². The highest BCUT2D eigenvalue weighted by Crippen LogP contribution is 2.24. The Bertz CT molecular complexity index is 719. The predicted octanol–water partition coefficient (Wildman–Crippen LogP) is 3.19. The third-order valence-electron chi connectivity index (χ3n) is 2.93. The van der Waals surface area contributed by atoms with Gasteiger partial charge in [0.15, 0.2) is 0 Å². The van der Waals surface area contributed by atoms with E-state index in [9.17, 15) is 8.42 Å². The van der Waals surface area contributed by atoms with Gasteiger partial charge >= 0.3 is 0 Å². The molecule has 0 radical (unpaired) electrons. The summed E-state index contributed by atoms with van der Waals surface area (Å²) in [5.41, 5.74) is 7.29. The van der Waals surface area contributed by atoms with E-state index in [2.05, 4.69) is 20.7 Å². The van der Waals surface area contributed by atoms with Crippen LogP contribution in [0.25, 0.3) is 0 Å². The summed E-state index contributed by atoms with van der Waals surface area (Å²) in [4.78, 5) is 2.36. The van der Waals surface area contributed by atoms with Crippen LogP contribution in [-0.2, 0) is 16.6 Å². The number of thiophene rings is 1. The van der Waals surface area contributed by atoms with Crippen LogP contribution >= 0.6 is 27.3 Å². The van der Waals surface area contributed by atoms with Gasteiger partial charge in [0.1, 0.15) is 0 Å². The summed E-state index contributed by atoms with van der Waals surface area (Å²) in [6, 6.07) is 6.59. The molecule has 108 valence electrons. The molecule has 0 spiro atoms. The van der Waals surface area contributed by atoms with Crippen LogP contribution in [0.5, 0.6) is 0 Å². The number of nitrogen functional groups attached to an aromatic ring is 1. The standard InChI is InChI=1S/C13H15BrN2O2S2/c1-8-5-10(19-9(8)2)7-16-20(17,18)11-3-4-12(14)13(15)6-11/h3-6,16H,7,15H2,1-2H3. The summed E-state index contributed by atoms with van der Waals surface area (Å²) in [7, 11) is -3.55. The van der Waals surface area contributed by atoms with Gasteiger partial charge in [0.25, 0.3) is 0 Å². The Labute approximate surface area is 131 Å². The first kappa shape index (κ1) is 15.5. The highest BCUT2D eigenvalue weighted by atomic mass is 79.9. The van der Waals surface area contributed by atoms with E-state index in [0.717, 1.165) is 4.88 Å². The fourth-order valence-corrected chi connectivity index (χ4v) is 4.05. The van der Waals surface area contributed by atoms with Gasteiger partial charge in [-0.15, -0.1) is 11.3 Å². The number of sulfonamides is 1. The average Bonchev–Trinajstić information content (AvgIpc) is 2.70. The molecule has 0 aliphatic rings. The van der Waals surface area contributed by atoms with Gasteiger partial charge < -0.3 is 5.73 Å². The molecule has 1 aromatic heterocycles. The van der Waals surface area contributed by atoms with Crippen LogP contribution in [0.2, 0.25) is 0 Å². The van der Waals surface area contributed by atoms with E-state index in [-0.39, 0.29) is 11.4 Å². The van der Waals surface area contributed by atoms with Crippen molar-refractivity contribution in [3.8, 4) is 0 Å². The number of hydrogen-bond donors (Lipinski definition) is 2. The van der Waals surface area contributed by atoms with Crippen molar-refractivity contribution in [3.63, 3.8) is 0 Å². The fourth-order valence-electron chi connectivity index (χ4n) is 1.68. The van der Waals surface area contributed by atoms with E-state index >= 15 is 0 Å². The highest BCUT2D eigenvalue weighted by Gasteiger charge is 2.15. The molecule has 0 aliphatic carbocycles. The summed E-state index contributed by atoms with van der Waals surface area (Å²) in [5, 5.41) is 0. The number of hydrogen-bond acceptors (Lipinski definition) is 4. The van der Waals surface area contributed by atoms with Crippen molar-refractivity contribution < 1.29 is 8.42 Å². The SMILES string of the molecule is Cc1cc(CNS(=O)(=O)c2ccc(Br)c(N)c2)sc1C. The third kappa shape index (κ3) is 3.41. The van der Waals surface area contributed by atoms with Crippen LogP contribution in [-0.4, -0.2) is 8.42 Å². The quantitative estimate of drug-likeness (QED) is 0.807. The summed E-state index contributed by atoms with van der Waals surface area (Å²) >= 11 is 4.84. The van der Waals surface area contributed by atoms with E-state index in [4.69, 9.17) is 5.73 Å². The Morgan fingerprint density at radius 3 is 2.55 bits per heavy atom. The van der Waals surface area contributed by atoms with Gasteiger partial charge in [0, 0.05) is 26.5 Å². The Morgan fingerprint density at radius 2 is 2.00 bits per heavy atom. The molecule has 0 saturated heterocycles. The zero-order chi connectivity index (χ0) is 14.9. The van der Waals surface area contributed by atoms with Crippen LogP contribution in [0, 0.1) is 13.8 Å². The molecule has 2 aromatic rings. The van der Waals surface area contributed by atoms with Crippen molar-refractivity contribution in [3.05, 3.63) is 44.1 Å². The second kappa shape index (κ2) is 5.85. The molecule has 0 amide bonds. The number of aryl methyl sites for hydroxylation is 2. The Morgan fingerprint density at radius 1 is 1.30 bits per heavy atom. The molecule has 20 heavy (non-hydrogen) atoms. The lowest BCUT2D eigenvalue weighted by molar-refractivity contribution is 0.582. The maximum absolute atomic E-state index is 12.2. The Hall–Kier alpha value is -0.890. The molecule has 0 unspecified atom stereocenters. The average molecular weight is 375 g/mol. The maximum Gasteiger partial charge on any atom is 0.240 e. The molecule has 1 heterocycles. The van der Waals surface area contributed by atoms with Gasteiger partial charge in [-0.3, -0.25) is 0 Å². The van der Waals surface area contributed by atoms with Crippen molar-refractivity contribution in [2.45, 2.75) is 25.3 Å². The molecule has 2 rings (SSSR count). The Balaban J connectivity index is 2.16. The second-order valence-corrected chi connectivity index (χ2v) is 8.42. The van der Waals surface area contributed by atoms with Gasteiger partial charge in [0.2, 0.25) is 10.0 Å². The molecule has 3 N–H and O–H groups in total. The van der Waals surface area contributed by atoms with E-state index in [1.54, 1.807) is 17.4 Å². The van der Waals surface area contributed by atoms with Crippen molar-refractivity contribution >= 4 is 43.0 Å². The molecule has 7 heteroatoms. The highest BCUT2D eigenvalue weighted by molar-refractivity contribution is 9.10. The Kier molecular flexibility index (Phi) is 4.53. The number of rotatable bonds is 4. The third-order valence-corrected chi connectivity index (χ3v) is 6.20. The largest absolute Gasteiger partial charge is 0.398 e. The molecular formula is C13H15BrN2O2S2. The predicted molar refractivity (Wildman–Crippen MR) is 86.4 cm³/mol. The molecule has 0 saturated carbocycles. The van der Waals surface area contributed by atoms with E-state index in [0.29, 0.717) is 10.2 Å². The number of nitrogens with two attached hydrogens (primary N) is 1. The molecule has 0 aliphatic heterocycles. The summed E-state index contributed by atoms with van der Waals surface area (Å²) in [6.07, 6.45) is 0. The minimum Gasteiger partial charge on any atom is -0.398 e. The van der Waals surface area contributed by atoms with Crippen LogP contribution in [0.15, 0.2) is 33.6 Å². The zero-order valence-corrected chi connectivity index (χ0v) is 14.3. The van der Waals surface area contributed by atoms with Crippen LogP contribution in [0.4, 0.5) is 5.69 Å². The smallest absolute Gasteiger partial charge is 0.240 e. The van der Waals surface area contributed by atoms with Gasteiger partial charge in [-0.25, -0.2) is 13.1 Å². The summed E-state index contributed by atoms with van der Waals surface area (Å²) < 4.78 is 27.6. The van der Waals surface area contributed by atoms with Gasteiger partial charge in [-0.2, -0.15) is 0 Å². The summed E-state index contributed by atoms with van der Waals surface area (Å²) in [6.45, 7) is 4.32. The molecule has 0 atom stereocenters. The normalized spacial score (nSPS) is 11.8. The van der Waals surface area contributed by atoms with Crippen molar-refractivity contribution in [2.75, 3.05) is 5.73 Å². The lowest BCUT2D eigenvalue weighted by atomic mass is 10.3. The first-order valence-corrected chi connectivity index (χ1v) is 8.99. The first-order valence-electron chi connectivity index (χ1n) is 5.90. The minimum atomic E-state index is -3.55. The summed E-state index contributed by atoms with van der Waals surface area (Å²) in [5.74, 6) is 0.